The average molecular weight is 258 g/mol. The van der Waals surface area contributed by atoms with Gasteiger partial charge in [0.1, 0.15) is 12.2 Å². The van der Waals surface area contributed by atoms with Crippen LogP contribution in [-0.2, 0) is 13.1 Å². The van der Waals surface area contributed by atoms with E-state index in [0.717, 1.165) is 31.9 Å². The van der Waals surface area contributed by atoms with Crippen LogP contribution in [0.15, 0.2) is 36.7 Å². The summed E-state index contributed by atoms with van der Waals surface area (Å²) in [4.78, 5) is 4.25. The number of hydrogen-bond acceptors (Lipinski definition) is 3. The van der Waals surface area contributed by atoms with Crippen LogP contribution in [0.5, 0.6) is 0 Å². The van der Waals surface area contributed by atoms with Crippen LogP contribution in [0.3, 0.4) is 0 Å². The van der Waals surface area contributed by atoms with Crippen LogP contribution < -0.4 is 5.32 Å². The molecule has 1 atom stereocenters. The smallest absolute Gasteiger partial charge is 0.140 e. The molecule has 1 unspecified atom stereocenters. The van der Waals surface area contributed by atoms with Crippen LogP contribution in [0, 0.1) is 0 Å². The molecule has 19 heavy (non-hydrogen) atoms. The molecule has 0 bridgehead atoms. The van der Waals surface area contributed by atoms with E-state index < -0.39 is 0 Å². The van der Waals surface area contributed by atoms with Crippen LogP contribution >= 0.6 is 0 Å². The lowest BCUT2D eigenvalue weighted by Crippen LogP contribution is -2.19. The lowest BCUT2D eigenvalue weighted by atomic mass is 9.98. The minimum atomic E-state index is 0.581. The van der Waals surface area contributed by atoms with Gasteiger partial charge >= 0.3 is 0 Å². The first-order valence-electron chi connectivity index (χ1n) is 6.93. The van der Waals surface area contributed by atoms with Gasteiger partial charge < -0.3 is 5.32 Å². The molecule has 0 aliphatic carbocycles. The highest BCUT2D eigenvalue weighted by Gasteiger charge is 2.05. The summed E-state index contributed by atoms with van der Waals surface area (Å²) in [5, 5.41) is 7.60. The predicted molar refractivity (Wildman–Crippen MR) is 76.9 cm³/mol. The summed E-state index contributed by atoms with van der Waals surface area (Å²) in [5.74, 6) is 1.59. The van der Waals surface area contributed by atoms with Crippen molar-refractivity contribution in [2.24, 2.45) is 0 Å². The summed E-state index contributed by atoms with van der Waals surface area (Å²) in [6.07, 6.45) is 2.75. The molecule has 1 heterocycles. The fraction of sp³-hybridized carbons (Fsp3) is 0.467. The quantitative estimate of drug-likeness (QED) is 0.776. The van der Waals surface area contributed by atoms with Crippen LogP contribution in [0.25, 0.3) is 0 Å². The summed E-state index contributed by atoms with van der Waals surface area (Å²) in [6, 6.07) is 10.6. The maximum absolute atomic E-state index is 4.25. The van der Waals surface area contributed by atoms with Crippen LogP contribution in [-0.4, -0.2) is 21.3 Å². The number of hydrogen-bond donors (Lipinski definition) is 1. The van der Waals surface area contributed by atoms with E-state index in [1.165, 1.54) is 5.56 Å². The normalized spacial score (nSPS) is 12.5. The van der Waals surface area contributed by atoms with Crippen molar-refractivity contribution in [1.82, 2.24) is 20.1 Å². The van der Waals surface area contributed by atoms with Gasteiger partial charge in [0.05, 0.1) is 6.54 Å². The van der Waals surface area contributed by atoms with Gasteiger partial charge in [0, 0.05) is 6.54 Å². The number of aryl methyl sites for hydroxylation is 1. The highest BCUT2D eigenvalue weighted by atomic mass is 15.3. The Kier molecular flexibility index (Phi) is 5.10. The highest BCUT2D eigenvalue weighted by Crippen LogP contribution is 2.17. The van der Waals surface area contributed by atoms with E-state index in [1.54, 1.807) is 6.33 Å². The molecular weight excluding hydrogens is 236 g/mol. The molecule has 0 spiro atoms. The number of nitrogens with zero attached hydrogens (tertiary/aromatic N) is 3. The predicted octanol–water partition coefficient (Wildman–Crippen LogP) is 2.58. The average Bonchev–Trinajstić information content (AvgIpc) is 2.91. The van der Waals surface area contributed by atoms with Crippen LogP contribution in [0.1, 0.15) is 37.6 Å². The molecule has 0 aliphatic rings. The molecule has 0 saturated heterocycles. The Bertz CT molecular complexity index is 478. The highest BCUT2D eigenvalue weighted by molar-refractivity contribution is 5.18. The van der Waals surface area contributed by atoms with Crippen molar-refractivity contribution in [3.05, 3.63) is 48.0 Å². The summed E-state index contributed by atoms with van der Waals surface area (Å²) >= 11 is 0. The third kappa shape index (κ3) is 3.89. The number of aromatic nitrogens is 3. The van der Waals surface area contributed by atoms with E-state index in [0.29, 0.717) is 5.92 Å². The van der Waals surface area contributed by atoms with Gasteiger partial charge in [-0.2, -0.15) is 5.10 Å². The SMILES string of the molecule is CCn1ncnc1CNCCC(C)c1ccccc1. The summed E-state index contributed by atoms with van der Waals surface area (Å²) < 4.78 is 1.92. The van der Waals surface area contributed by atoms with E-state index in [2.05, 4.69) is 59.6 Å². The van der Waals surface area contributed by atoms with Crippen molar-refractivity contribution in [1.29, 1.82) is 0 Å². The van der Waals surface area contributed by atoms with Crippen molar-refractivity contribution in [2.75, 3.05) is 6.54 Å². The first kappa shape index (κ1) is 13.7. The molecular formula is C15H22N4. The van der Waals surface area contributed by atoms with E-state index in [1.807, 2.05) is 4.68 Å². The molecule has 1 N–H and O–H groups in total. The van der Waals surface area contributed by atoms with E-state index in [9.17, 15) is 0 Å². The third-order valence-electron chi connectivity index (χ3n) is 3.40. The number of rotatable bonds is 7. The topological polar surface area (TPSA) is 42.7 Å². The molecule has 1 aromatic carbocycles. The van der Waals surface area contributed by atoms with Crippen molar-refractivity contribution in [2.45, 2.75) is 39.3 Å². The molecule has 0 radical (unpaired) electrons. The first-order chi connectivity index (χ1) is 9.31. The second kappa shape index (κ2) is 7.04. The Morgan fingerprint density at radius 1 is 1.26 bits per heavy atom. The first-order valence-corrected chi connectivity index (χ1v) is 6.93. The Hall–Kier alpha value is -1.68. The van der Waals surface area contributed by atoms with Crippen molar-refractivity contribution in [3.8, 4) is 0 Å². The van der Waals surface area contributed by atoms with Crippen molar-refractivity contribution < 1.29 is 0 Å². The maximum atomic E-state index is 4.25. The Morgan fingerprint density at radius 3 is 2.79 bits per heavy atom. The Morgan fingerprint density at radius 2 is 2.05 bits per heavy atom. The fourth-order valence-corrected chi connectivity index (χ4v) is 2.16. The Labute approximate surface area is 114 Å². The van der Waals surface area contributed by atoms with Gasteiger partial charge in [0.2, 0.25) is 0 Å². The number of benzene rings is 1. The van der Waals surface area contributed by atoms with E-state index >= 15 is 0 Å². The largest absolute Gasteiger partial charge is 0.310 e. The maximum Gasteiger partial charge on any atom is 0.140 e. The molecule has 102 valence electrons. The molecule has 0 amide bonds. The zero-order valence-corrected chi connectivity index (χ0v) is 11.7. The lowest BCUT2D eigenvalue weighted by molar-refractivity contribution is 0.547. The molecule has 1 aromatic heterocycles. The molecule has 0 fully saturated rings. The van der Waals surface area contributed by atoms with Gasteiger partial charge in [-0.15, -0.1) is 0 Å². The van der Waals surface area contributed by atoms with E-state index in [-0.39, 0.29) is 0 Å². The molecule has 2 aromatic rings. The van der Waals surface area contributed by atoms with Gasteiger partial charge in [0.25, 0.3) is 0 Å². The lowest BCUT2D eigenvalue weighted by Gasteiger charge is -2.12. The van der Waals surface area contributed by atoms with Gasteiger partial charge in [-0.3, -0.25) is 0 Å². The molecule has 4 heteroatoms. The molecule has 0 saturated carbocycles. The van der Waals surface area contributed by atoms with Gasteiger partial charge in [-0.05, 0) is 31.4 Å². The number of nitrogens with one attached hydrogen (secondary N) is 1. The summed E-state index contributed by atoms with van der Waals surface area (Å²) in [7, 11) is 0. The summed E-state index contributed by atoms with van der Waals surface area (Å²) in [5.41, 5.74) is 1.40. The zero-order valence-electron chi connectivity index (χ0n) is 11.7. The van der Waals surface area contributed by atoms with E-state index in [4.69, 9.17) is 0 Å². The third-order valence-corrected chi connectivity index (χ3v) is 3.40. The van der Waals surface area contributed by atoms with Gasteiger partial charge in [0.15, 0.2) is 0 Å². The minimum Gasteiger partial charge on any atom is -0.310 e. The zero-order chi connectivity index (χ0) is 13.5. The second-order valence-electron chi connectivity index (χ2n) is 4.77. The van der Waals surface area contributed by atoms with Crippen LogP contribution in [0.2, 0.25) is 0 Å². The van der Waals surface area contributed by atoms with Crippen LogP contribution in [0.4, 0.5) is 0 Å². The fourth-order valence-electron chi connectivity index (χ4n) is 2.16. The van der Waals surface area contributed by atoms with Crippen molar-refractivity contribution >= 4 is 0 Å². The molecule has 4 nitrogen and oxygen atoms in total. The molecule has 2 rings (SSSR count). The van der Waals surface area contributed by atoms with Gasteiger partial charge in [-0.25, -0.2) is 9.67 Å². The monoisotopic (exact) mass is 258 g/mol. The molecule has 0 aliphatic heterocycles. The minimum absolute atomic E-state index is 0.581. The second-order valence-corrected chi connectivity index (χ2v) is 4.77. The van der Waals surface area contributed by atoms with Crippen molar-refractivity contribution in [3.63, 3.8) is 0 Å². The standard InChI is InChI=1S/C15H22N4/c1-3-19-15(17-12-18-19)11-16-10-9-13(2)14-7-5-4-6-8-14/h4-8,12-13,16H,3,9-11H2,1-2H3. The van der Waals surface area contributed by atoms with Gasteiger partial charge in [-0.1, -0.05) is 37.3 Å². The Balaban J connectivity index is 1.72. The summed E-state index contributed by atoms with van der Waals surface area (Å²) in [6.45, 7) is 7.00.